The van der Waals surface area contributed by atoms with Gasteiger partial charge in [-0.25, -0.2) is 9.80 Å². The molecular weight excluding hydrogens is 621 g/mol. The molecule has 5 rings (SSSR count). The third-order valence-corrected chi connectivity index (χ3v) is 7.51. The maximum Gasteiger partial charge on any atom is 0.438 e. The van der Waals surface area contributed by atoms with Crippen LogP contribution in [-0.4, -0.2) is 74.8 Å². The van der Waals surface area contributed by atoms with Gasteiger partial charge in [0.15, 0.2) is 5.69 Å². The summed E-state index contributed by atoms with van der Waals surface area (Å²) in [6, 6.07) is 11.0. The van der Waals surface area contributed by atoms with Gasteiger partial charge in [-0.1, -0.05) is 13.8 Å². The second-order valence-electron chi connectivity index (χ2n) is 12.4. The molecule has 3 amide bonds. The van der Waals surface area contributed by atoms with Crippen LogP contribution in [-0.2, 0) is 20.5 Å². The van der Waals surface area contributed by atoms with Crippen LogP contribution in [0.3, 0.4) is 0 Å². The topological polar surface area (TPSA) is 127 Å². The van der Waals surface area contributed by atoms with Crippen molar-refractivity contribution < 1.29 is 41.8 Å². The third kappa shape index (κ3) is 7.23. The molecule has 0 spiro atoms. The first kappa shape index (κ1) is 33.4. The number of halogens is 3. The van der Waals surface area contributed by atoms with Crippen LogP contribution in [0.2, 0.25) is 0 Å². The van der Waals surface area contributed by atoms with Crippen LogP contribution in [0.1, 0.15) is 64.3 Å². The summed E-state index contributed by atoms with van der Waals surface area (Å²) < 4.78 is 58.0. The number of fused-ring (bicyclic) bond motifs is 1. The molecule has 2 unspecified atom stereocenters. The van der Waals surface area contributed by atoms with Crippen molar-refractivity contribution in [3.63, 3.8) is 0 Å². The van der Waals surface area contributed by atoms with Crippen molar-refractivity contribution in [2.75, 3.05) is 20.3 Å². The predicted octanol–water partition coefficient (Wildman–Crippen LogP) is 5.52. The summed E-state index contributed by atoms with van der Waals surface area (Å²) in [5.41, 5.74) is 0.382. The summed E-state index contributed by atoms with van der Waals surface area (Å²) in [7, 11) is 1.34. The van der Waals surface area contributed by atoms with Crippen LogP contribution in [0.25, 0.3) is 5.52 Å². The lowest BCUT2D eigenvalue weighted by Crippen LogP contribution is -2.42. The molecule has 47 heavy (non-hydrogen) atoms. The molecular formula is C32H35F3N6O6. The smallest absolute Gasteiger partial charge is 0.438 e. The van der Waals surface area contributed by atoms with E-state index in [1.54, 1.807) is 58.0 Å². The van der Waals surface area contributed by atoms with Gasteiger partial charge in [0, 0.05) is 36.3 Å². The van der Waals surface area contributed by atoms with Crippen LogP contribution in [0.5, 0.6) is 11.6 Å². The Balaban J connectivity index is 1.30. The molecule has 250 valence electrons. The minimum atomic E-state index is -4.66. The van der Waals surface area contributed by atoms with Gasteiger partial charge in [0.1, 0.15) is 18.0 Å². The lowest BCUT2D eigenvalue weighted by molar-refractivity contribution is -0.141. The molecule has 1 aromatic carbocycles. The van der Waals surface area contributed by atoms with Gasteiger partial charge in [0.2, 0.25) is 11.8 Å². The van der Waals surface area contributed by atoms with E-state index in [-0.39, 0.29) is 55.1 Å². The Bertz CT molecular complexity index is 1760. The highest BCUT2D eigenvalue weighted by molar-refractivity contribution is 6.10. The molecule has 0 saturated carbocycles. The fourth-order valence-electron chi connectivity index (χ4n) is 5.27. The molecule has 2 aliphatic rings. The number of hydrazone groups is 2. The third-order valence-electron chi connectivity index (χ3n) is 7.51. The summed E-state index contributed by atoms with van der Waals surface area (Å²) in [5.74, 6) is -0.675. The number of amides is 3. The molecule has 0 saturated heterocycles. The summed E-state index contributed by atoms with van der Waals surface area (Å²) in [5, 5.41) is 14.5. The molecule has 0 fully saturated rings. The Morgan fingerprint density at radius 2 is 1.60 bits per heavy atom. The van der Waals surface area contributed by atoms with Gasteiger partial charge in [-0.15, -0.1) is 5.01 Å². The number of nitrogens with zero attached hydrogens (tertiary/aromatic N) is 6. The van der Waals surface area contributed by atoms with E-state index in [1.165, 1.54) is 18.2 Å². The number of alkyl halides is 3. The molecule has 0 aliphatic carbocycles. The molecule has 4 heterocycles. The molecule has 0 N–H and O–H groups in total. The Hall–Kier alpha value is -4.95. The van der Waals surface area contributed by atoms with E-state index in [2.05, 4.69) is 15.3 Å². The van der Waals surface area contributed by atoms with Crippen LogP contribution in [0.4, 0.5) is 18.0 Å². The first-order valence-electron chi connectivity index (χ1n) is 15.0. The van der Waals surface area contributed by atoms with Crippen molar-refractivity contribution in [1.82, 2.24) is 19.6 Å². The summed E-state index contributed by atoms with van der Waals surface area (Å²) in [4.78, 5) is 37.9. The number of ether oxygens (including phenoxy) is 3. The number of rotatable bonds is 7. The summed E-state index contributed by atoms with van der Waals surface area (Å²) in [6.07, 6.45) is -5.30. The second-order valence-corrected chi connectivity index (χ2v) is 12.4. The highest BCUT2D eigenvalue weighted by atomic mass is 19.4. The normalized spacial score (nSPS) is 19.1. The van der Waals surface area contributed by atoms with Gasteiger partial charge in [-0.2, -0.15) is 33.0 Å². The number of carbonyl (C=O) groups is 3. The monoisotopic (exact) mass is 656 g/mol. The van der Waals surface area contributed by atoms with Gasteiger partial charge in [0.05, 0.1) is 30.6 Å². The fraction of sp³-hybridized carbons (Fsp3) is 0.438. The van der Waals surface area contributed by atoms with Crippen LogP contribution in [0, 0.1) is 11.8 Å². The van der Waals surface area contributed by atoms with E-state index in [4.69, 9.17) is 14.2 Å². The first-order valence-corrected chi connectivity index (χ1v) is 15.0. The molecule has 2 aliphatic heterocycles. The van der Waals surface area contributed by atoms with Crippen molar-refractivity contribution in [3.8, 4) is 11.6 Å². The number of aromatic nitrogens is 2. The lowest BCUT2D eigenvalue weighted by atomic mass is 9.93. The first-order chi connectivity index (χ1) is 22.1. The van der Waals surface area contributed by atoms with Gasteiger partial charge < -0.3 is 14.2 Å². The lowest BCUT2D eigenvalue weighted by Gasteiger charge is -2.28. The highest BCUT2D eigenvalue weighted by Gasteiger charge is 2.37. The van der Waals surface area contributed by atoms with Gasteiger partial charge in [0.25, 0.3) is 5.91 Å². The van der Waals surface area contributed by atoms with E-state index < -0.39 is 29.5 Å². The van der Waals surface area contributed by atoms with E-state index in [0.29, 0.717) is 28.3 Å². The zero-order chi connectivity index (χ0) is 34.3. The van der Waals surface area contributed by atoms with E-state index in [1.807, 2.05) is 6.92 Å². The number of imide groups is 1. The Morgan fingerprint density at radius 1 is 0.936 bits per heavy atom. The highest BCUT2D eigenvalue weighted by Crippen LogP contribution is 2.33. The number of hydrogen-bond donors (Lipinski definition) is 0. The zero-order valence-corrected chi connectivity index (χ0v) is 26.8. The molecule has 2 aromatic heterocycles. The maximum absolute atomic E-state index is 13.5. The van der Waals surface area contributed by atoms with Gasteiger partial charge in [-0.05, 0) is 62.7 Å². The molecule has 2 atom stereocenters. The van der Waals surface area contributed by atoms with E-state index in [9.17, 15) is 27.6 Å². The maximum atomic E-state index is 13.5. The zero-order valence-electron chi connectivity index (χ0n) is 26.8. The number of benzene rings is 1. The SMILES string of the molecule is COc1ccc(C2=NN(CCOc3ccc(C4=NN(C(=O)OC(C)(C)C)C(=O)CC4C)cc3)C(=O)CC2C)c2cc(C(F)(F)F)nn12. The van der Waals surface area contributed by atoms with Crippen molar-refractivity contribution in [2.45, 2.75) is 59.2 Å². The Morgan fingerprint density at radius 3 is 2.23 bits per heavy atom. The number of methoxy groups -OCH3 is 1. The quantitative estimate of drug-likeness (QED) is 0.328. The number of carbonyl (C=O) groups excluding carboxylic acids is 3. The van der Waals surface area contributed by atoms with Gasteiger partial charge >= 0.3 is 12.3 Å². The minimum absolute atomic E-state index is 0.0808. The number of pyridine rings is 1. The van der Waals surface area contributed by atoms with Crippen LogP contribution >= 0.6 is 0 Å². The molecule has 15 heteroatoms. The van der Waals surface area contributed by atoms with E-state index in [0.717, 1.165) is 15.6 Å². The van der Waals surface area contributed by atoms with E-state index >= 15 is 0 Å². The van der Waals surface area contributed by atoms with Crippen molar-refractivity contribution >= 4 is 34.8 Å². The molecule has 12 nitrogen and oxygen atoms in total. The molecule has 0 bridgehead atoms. The second kappa shape index (κ2) is 12.7. The largest absolute Gasteiger partial charge is 0.492 e. The Kier molecular flexibility index (Phi) is 9.02. The van der Waals surface area contributed by atoms with Crippen LogP contribution < -0.4 is 9.47 Å². The number of hydrogen-bond acceptors (Lipinski definition) is 9. The Labute approximate surface area is 268 Å². The standard InChI is InChI=1S/C32H35F3N6O6/c1-18-16-26(43)41(30(44)47-31(3,4)5)38-28(18)20-7-9-21(10-8-20)46-14-13-39-25(42)15-19(2)29(37-39)22-11-12-27(45-6)40-23(22)17-24(36-40)32(33,34)35/h7-12,17-19H,13-16H2,1-6H3. The summed E-state index contributed by atoms with van der Waals surface area (Å²) >= 11 is 0. The average Bonchev–Trinajstić information content (AvgIpc) is 3.44. The van der Waals surface area contributed by atoms with Gasteiger partial charge in [-0.3, -0.25) is 9.59 Å². The fourth-order valence-corrected chi connectivity index (χ4v) is 5.27. The minimum Gasteiger partial charge on any atom is -0.492 e. The average molecular weight is 657 g/mol. The van der Waals surface area contributed by atoms with Crippen molar-refractivity contribution in [3.05, 3.63) is 59.3 Å². The van der Waals surface area contributed by atoms with Crippen molar-refractivity contribution in [1.29, 1.82) is 0 Å². The van der Waals surface area contributed by atoms with Crippen LogP contribution in [0.15, 0.2) is 52.7 Å². The van der Waals surface area contributed by atoms with Crippen molar-refractivity contribution in [2.24, 2.45) is 22.0 Å². The predicted molar refractivity (Wildman–Crippen MR) is 164 cm³/mol. The molecule has 0 radical (unpaired) electrons. The summed E-state index contributed by atoms with van der Waals surface area (Å²) in [6.45, 7) is 8.91. The molecule has 3 aromatic rings.